The topological polar surface area (TPSA) is 104 Å². The average Bonchev–Trinajstić information content (AvgIpc) is 1.99. The van der Waals surface area contributed by atoms with Crippen LogP contribution in [0.3, 0.4) is 0 Å². The minimum absolute atomic E-state index is 0.656. The van der Waals surface area contributed by atoms with Gasteiger partial charge in [-0.15, -0.1) is 0 Å². The van der Waals surface area contributed by atoms with Gasteiger partial charge in [0, 0.05) is 0 Å². The Morgan fingerprint density at radius 2 is 1.60 bits per heavy atom. The Hall–Kier alpha value is -0.550. The second-order valence-electron chi connectivity index (χ2n) is 4.20. The first kappa shape index (κ1) is 14.5. The maximum absolute atomic E-state index is 11.3. The third-order valence-electron chi connectivity index (χ3n) is 1.54. The van der Waals surface area contributed by atoms with Crippen LogP contribution in [0.25, 0.3) is 0 Å². The molecule has 1 atom stereocenters. The Labute approximate surface area is 88.5 Å². The molecule has 7 heteroatoms. The van der Waals surface area contributed by atoms with Crippen molar-refractivity contribution in [1.82, 2.24) is 0 Å². The van der Waals surface area contributed by atoms with Gasteiger partial charge < -0.3 is 4.74 Å². The van der Waals surface area contributed by atoms with Crippen LogP contribution in [-0.4, -0.2) is 32.3 Å². The fourth-order valence-electron chi connectivity index (χ4n) is 0.632. The van der Waals surface area contributed by atoms with Crippen molar-refractivity contribution in [1.29, 1.82) is 0 Å². The van der Waals surface area contributed by atoms with Gasteiger partial charge in [-0.05, 0) is 27.7 Å². The van der Waals surface area contributed by atoms with E-state index in [1.807, 2.05) is 0 Å². The molecule has 0 fully saturated rings. The van der Waals surface area contributed by atoms with Crippen molar-refractivity contribution < 1.29 is 29.0 Å². The van der Waals surface area contributed by atoms with E-state index in [4.69, 9.17) is 14.7 Å². The normalized spacial score (nSPS) is 14.6. The van der Waals surface area contributed by atoms with Crippen LogP contribution < -0.4 is 0 Å². The number of carbonyl (C=O) groups is 2. The molecule has 0 rings (SSSR count). The van der Waals surface area contributed by atoms with Crippen molar-refractivity contribution in [3.05, 3.63) is 0 Å². The average molecular weight is 239 g/mol. The number of hydrogen-bond acceptors (Lipinski definition) is 6. The minimum atomic E-state index is -4.59. The molecule has 0 radical (unpaired) electrons. The molecule has 0 aromatic heterocycles. The van der Waals surface area contributed by atoms with Gasteiger partial charge in [0.15, 0.2) is 0 Å². The zero-order valence-electron chi connectivity index (χ0n) is 9.09. The molecule has 0 amide bonds. The Kier molecular flexibility index (Phi) is 4.36. The van der Waals surface area contributed by atoms with Gasteiger partial charge in [0.05, 0.1) is 5.41 Å². The minimum Gasteiger partial charge on any atom is -0.450 e. The van der Waals surface area contributed by atoms with Gasteiger partial charge in [0.2, 0.25) is 6.10 Å². The molecular formula is C8H16O6P+. The Balaban J connectivity index is 4.46. The molecule has 1 unspecified atom stereocenters. The van der Waals surface area contributed by atoms with Crippen LogP contribution in [0.5, 0.6) is 0 Å². The number of hydrogen-bond donors (Lipinski definition) is 3. The molecule has 0 saturated carbocycles. The molecule has 0 heterocycles. The van der Waals surface area contributed by atoms with Crippen molar-refractivity contribution in [3.63, 3.8) is 0 Å². The fraction of sp³-hybridized carbons (Fsp3) is 0.750. The summed E-state index contributed by atoms with van der Waals surface area (Å²) in [6, 6.07) is 0. The van der Waals surface area contributed by atoms with Crippen LogP contribution in [0.15, 0.2) is 0 Å². The van der Waals surface area contributed by atoms with Crippen LogP contribution in [0, 0.1) is 5.41 Å². The number of esters is 1. The van der Waals surface area contributed by atoms with Crippen LogP contribution in [0.1, 0.15) is 27.7 Å². The van der Waals surface area contributed by atoms with E-state index in [0.29, 0.717) is 0 Å². The molecule has 0 aliphatic rings. The third-order valence-corrected chi connectivity index (χ3v) is 2.49. The summed E-state index contributed by atoms with van der Waals surface area (Å²) in [7, 11) is -4.59. The molecule has 0 aliphatic heterocycles. The summed E-state index contributed by atoms with van der Waals surface area (Å²) >= 11 is 0. The molecule has 0 aromatic carbocycles. The highest BCUT2D eigenvalue weighted by Gasteiger charge is 2.48. The Morgan fingerprint density at radius 3 is 1.87 bits per heavy atom. The van der Waals surface area contributed by atoms with Gasteiger partial charge in [0.25, 0.3) is 0 Å². The summed E-state index contributed by atoms with van der Waals surface area (Å²) in [5.74, 6) is -0.656. The maximum atomic E-state index is 11.3. The molecule has 0 saturated heterocycles. The van der Waals surface area contributed by atoms with Gasteiger partial charge in [-0.1, -0.05) is 0 Å². The van der Waals surface area contributed by atoms with Crippen molar-refractivity contribution in [2.75, 3.05) is 0 Å². The smallest absolute Gasteiger partial charge is 0.450 e. The van der Waals surface area contributed by atoms with Crippen molar-refractivity contribution in [2.24, 2.45) is 5.41 Å². The molecule has 0 spiro atoms. The largest absolute Gasteiger partial charge is 0.482 e. The van der Waals surface area contributed by atoms with Crippen molar-refractivity contribution in [2.45, 2.75) is 33.8 Å². The van der Waals surface area contributed by atoms with E-state index in [0.717, 1.165) is 0 Å². The van der Waals surface area contributed by atoms with Gasteiger partial charge in [0.1, 0.15) is 0 Å². The lowest BCUT2D eigenvalue weighted by Crippen LogP contribution is -2.32. The monoisotopic (exact) mass is 239 g/mol. The quantitative estimate of drug-likeness (QED) is 0.481. The highest BCUT2D eigenvalue weighted by molar-refractivity contribution is 7.76. The number of carbonyl (C=O) groups excluding carboxylic acids is 2. The van der Waals surface area contributed by atoms with Gasteiger partial charge in [-0.3, -0.25) is 4.79 Å². The summed E-state index contributed by atoms with van der Waals surface area (Å²) in [5, 5.41) is 0. The number of ether oxygens (including phenoxy) is 1. The fourth-order valence-corrected chi connectivity index (χ4v) is 1.17. The summed E-state index contributed by atoms with van der Waals surface area (Å²) in [5.41, 5.74) is -2.07. The molecule has 0 aliphatic carbocycles. The second-order valence-corrected chi connectivity index (χ2v) is 5.78. The van der Waals surface area contributed by atoms with Gasteiger partial charge >= 0.3 is 19.4 Å². The van der Waals surface area contributed by atoms with E-state index in [9.17, 15) is 9.59 Å². The van der Waals surface area contributed by atoms with E-state index in [1.54, 1.807) is 20.8 Å². The first-order chi connectivity index (χ1) is 6.46. The van der Waals surface area contributed by atoms with Crippen LogP contribution in [0.2, 0.25) is 0 Å². The Morgan fingerprint density at radius 1 is 1.20 bits per heavy atom. The summed E-state index contributed by atoms with van der Waals surface area (Å²) < 4.78 is 4.66. The molecule has 15 heavy (non-hydrogen) atoms. The highest BCUT2D eigenvalue weighted by atomic mass is 31.2. The zero-order chi connectivity index (χ0) is 12.4. The summed E-state index contributed by atoms with van der Waals surface area (Å²) in [6.45, 7) is 5.94. The van der Waals surface area contributed by atoms with E-state index in [-0.39, 0.29) is 0 Å². The zero-order valence-corrected chi connectivity index (χ0v) is 9.99. The molecular weight excluding hydrogens is 223 g/mol. The van der Waals surface area contributed by atoms with Crippen molar-refractivity contribution in [3.8, 4) is 0 Å². The van der Waals surface area contributed by atoms with E-state index in [2.05, 4.69) is 4.74 Å². The first-order valence-corrected chi connectivity index (χ1v) is 5.93. The van der Waals surface area contributed by atoms with E-state index >= 15 is 0 Å². The number of rotatable bonds is 3. The molecule has 6 nitrogen and oxygen atoms in total. The predicted molar refractivity (Wildman–Crippen MR) is 53.6 cm³/mol. The lowest BCUT2D eigenvalue weighted by molar-refractivity contribution is -0.160. The standard InChI is InChI=1S/C8H16O6P/c1-5(6(9)15(11,12)13)14-7(10)8(2,3)4/h5,11-13H,1-4H3/q+1. The van der Waals surface area contributed by atoms with E-state index < -0.39 is 31.0 Å². The maximum Gasteiger partial charge on any atom is 0.482 e. The lowest BCUT2D eigenvalue weighted by atomic mass is 9.97. The molecule has 3 N–H and O–H groups in total. The summed E-state index contributed by atoms with van der Waals surface area (Å²) in [6.07, 6.45) is -1.37. The predicted octanol–water partition coefficient (Wildman–Crippen LogP) is 0.230. The highest BCUT2D eigenvalue weighted by Crippen LogP contribution is 2.46. The summed E-state index contributed by atoms with van der Waals surface area (Å²) in [4.78, 5) is 48.3. The van der Waals surface area contributed by atoms with Gasteiger partial charge in [-0.2, -0.15) is 14.7 Å². The van der Waals surface area contributed by atoms with Gasteiger partial charge in [-0.25, -0.2) is 4.79 Å². The molecule has 0 bridgehead atoms. The molecule has 0 aromatic rings. The second kappa shape index (κ2) is 4.53. The Bertz CT molecular complexity index is 261. The lowest BCUT2D eigenvalue weighted by Gasteiger charge is -2.19. The van der Waals surface area contributed by atoms with Crippen molar-refractivity contribution >= 4 is 19.4 Å². The van der Waals surface area contributed by atoms with E-state index in [1.165, 1.54) is 6.92 Å². The van der Waals surface area contributed by atoms with Crippen LogP contribution in [-0.2, 0) is 14.3 Å². The van der Waals surface area contributed by atoms with Crippen LogP contribution in [0.4, 0.5) is 0 Å². The SMILES string of the molecule is CC(OC(=O)C(C)(C)C)C(=O)[P+](O)(O)O. The third kappa shape index (κ3) is 4.66. The van der Waals surface area contributed by atoms with Crippen LogP contribution >= 0.6 is 7.94 Å². The molecule has 88 valence electrons. The first-order valence-electron chi connectivity index (χ1n) is 4.29.